The van der Waals surface area contributed by atoms with Gasteiger partial charge in [-0.1, -0.05) is 24.3 Å². The second-order valence-electron chi connectivity index (χ2n) is 10.6. The van der Waals surface area contributed by atoms with Crippen molar-refractivity contribution in [3.63, 3.8) is 0 Å². The van der Waals surface area contributed by atoms with Gasteiger partial charge in [-0.3, -0.25) is 0 Å². The molecule has 0 bridgehead atoms. The number of nitrogens with one attached hydrogen (secondary N) is 2. The lowest BCUT2D eigenvalue weighted by Crippen LogP contribution is -2.55. The molecule has 1 saturated heterocycles. The summed E-state index contributed by atoms with van der Waals surface area (Å²) >= 11 is 0. The molecule has 1 fully saturated rings. The zero-order valence-corrected chi connectivity index (χ0v) is 23.8. The predicted molar refractivity (Wildman–Crippen MR) is 157 cm³/mol. The van der Waals surface area contributed by atoms with E-state index in [1.165, 1.54) is 19.2 Å². The van der Waals surface area contributed by atoms with Crippen molar-refractivity contribution >= 4 is 29.3 Å². The van der Waals surface area contributed by atoms with Crippen LogP contribution < -0.4 is 20.1 Å². The van der Waals surface area contributed by atoms with E-state index < -0.39 is 12.0 Å². The minimum atomic E-state index is -1.01. The molecule has 10 heteroatoms. The van der Waals surface area contributed by atoms with E-state index in [0.717, 1.165) is 17.5 Å². The Balaban J connectivity index is 1.47. The second kappa shape index (κ2) is 12.8. The highest BCUT2D eigenvalue weighted by Crippen LogP contribution is 2.29. The number of hydrogen-bond acceptors (Lipinski definition) is 6. The molecule has 1 heterocycles. The summed E-state index contributed by atoms with van der Waals surface area (Å²) in [7, 11) is 5.53. The number of aromatic carboxylic acids is 1. The Kier molecular flexibility index (Phi) is 9.26. The Morgan fingerprint density at radius 1 is 1.00 bits per heavy atom. The van der Waals surface area contributed by atoms with Gasteiger partial charge in [0, 0.05) is 12.1 Å². The molecule has 0 spiro atoms. The van der Waals surface area contributed by atoms with Gasteiger partial charge in [-0.05, 0) is 74.6 Å². The standard InChI is InChI=1S/C31H36N4O6/c1-21-7-5-6-8-26(21)32-31(39)33-27-14-9-22(17-28(27)40-4)18-29(36)35(16-15-24(19-35)34(2)3)20-41-25-12-10-23(11-13-25)30(37)38/h5-14,17,24H,15-16,18-20H2,1-4H3,(H2-,32,33,37,38,39)/p+1. The number of carboxylic acids is 1. The van der Waals surface area contributed by atoms with Crippen LogP contribution in [0.4, 0.5) is 16.2 Å². The van der Waals surface area contributed by atoms with Gasteiger partial charge in [0.1, 0.15) is 18.0 Å². The summed E-state index contributed by atoms with van der Waals surface area (Å²) in [5, 5.41) is 14.8. The van der Waals surface area contributed by atoms with E-state index in [-0.39, 0.29) is 35.1 Å². The highest BCUT2D eigenvalue weighted by atomic mass is 16.5. The van der Waals surface area contributed by atoms with E-state index in [4.69, 9.17) is 14.6 Å². The van der Waals surface area contributed by atoms with Crippen LogP contribution in [0.5, 0.6) is 11.5 Å². The van der Waals surface area contributed by atoms with Crippen molar-refractivity contribution in [3.8, 4) is 11.5 Å². The van der Waals surface area contributed by atoms with Crippen LogP contribution in [-0.2, 0) is 11.2 Å². The lowest BCUT2D eigenvalue weighted by molar-refractivity contribution is -0.859. The quantitative estimate of drug-likeness (QED) is 0.310. The average molecular weight is 562 g/mol. The molecule has 1 aliphatic rings. The molecular formula is C31H37N4O6+. The van der Waals surface area contributed by atoms with Crippen molar-refractivity contribution in [2.75, 3.05) is 51.7 Å². The number of para-hydroxylation sites is 1. The van der Waals surface area contributed by atoms with E-state index in [1.807, 2.05) is 51.4 Å². The summed E-state index contributed by atoms with van der Waals surface area (Å²) in [5.74, 6) is -0.0393. The van der Waals surface area contributed by atoms with Gasteiger partial charge >= 0.3 is 17.9 Å². The fourth-order valence-corrected chi connectivity index (χ4v) is 4.99. The number of carbonyl (C=O) groups excluding carboxylic acids is 2. The number of methoxy groups -OCH3 is 1. The van der Waals surface area contributed by atoms with Crippen LogP contribution in [-0.4, -0.2) is 79.5 Å². The molecule has 0 aromatic heterocycles. The SMILES string of the molecule is COc1cc(CC(=O)[N+]2(COc3ccc(C(=O)O)cc3)CCC(N(C)C)C2)ccc1NC(=O)Nc1ccccc1C. The number of benzene rings is 3. The largest absolute Gasteiger partial charge is 0.495 e. The molecule has 216 valence electrons. The van der Waals surface area contributed by atoms with Crippen LogP contribution in [0.1, 0.15) is 27.9 Å². The van der Waals surface area contributed by atoms with E-state index in [0.29, 0.717) is 36.0 Å². The Morgan fingerprint density at radius 2 is 1.71 bits per heavy atom. The predicted octanol–water partition coefficient (Wildman–Crippen LogP) is 4.60. The molecule has 3 aromatic carbocycles. The Labute approximate surface area is 240 Å². The topological polar surface area (TPSA) is 117 Å². The molecular weight excluding hydrogens is 524 g/mol. The van der Waals surface area contributed by atoms with Crippen LogP contribution in [0.2, 0.25) is 0 Å². The van der Waals surface area contributed by atoms with Gasteiger partial charge in [-0.25, -0.2) is 18.9 Å². The third-order valence-corrected chi connectivity index (χ3v) is 7.55. The minimum absolute atomic E-state index is 0.0107. The monoisotopic (exact) mass is 561 g/mol. The molecule has 4 rings (SSSR count). The number of amides is 3. The number of carbonyl (C=O) groups is 3. The van der Waals surface area contributed by atoms with Gasteiger partial charge in [0.15, 0.2) is 0 Å². The van der Waals surface area contributed by atoms with Crippen molar-refractivity contribution in [2.45, 2.75) is 25.8 Å². The van der Waals surface area contributed by atoms with Gasteiger partial charge in [0.2, 0.25) is 6.73 Å². The molecule has 0 radical (unpaired) electrons. The van der Waals surface area contributed by atoms with Crippen LogP contribution >= 0.6 is 0 Å². The van der Waals surface area contributed by atoms with Gasteiger partial charge in [-0.2, -0.15) is 0 Å². The number of urea groups is 1. The van der Waals surface area contributed by atoms with Crippen LogP contribution in [0.15, 0.2) is 66.7 Å². The highest BCUT2D eigenvalue weighted by molar-refractivity contribution is 6.01. The normalized spacial score (nSPS) is 18.1. The fourth-order valence-electron chi connectivity index (χ4n) is 4.99. The number of ether oxygens (including phenoxy) is 2. The van der Waals surface area contributed by atoms with Crippen LogP contribution in [0, 0.1) is 6.92 Å². The van der Waals surface area contributed by atoms with Crippen molar-refractivity contribution in [3.05, 3.63) is 83.4 Å². The number of nitrogens with zero attached hydrogens (tertiary/aromatic N) is 2. The second-order valence-corrected chi connectivity index (χ2v) is 10.6. The summed E-state index contributed by atoms with van der Waals surface area (Å²) in [5.41, 5.74) is 3.07. The first-order valence-electron chi connectivity index (χ1n) is 13.4. The molecule has 2 unspecified atom stereocenters. The number of aryl methyl sites for hydroxylation is 1. The number of anilines is 2. The minimum Gasteiger partial charge on any atom is -0.495 e. The van der Waals surface area contributed by atoms with Crippen molar-refractivity contribution in [1.29, 1.82) is 0 Å². The summed E-state index contributed by atoms with van der Waals surface area (Å²) in [6.07, 6.45) is 1.01. The zero-order valence-electron chi connectivity index (χ0n) is 23.8. The van der Waals surface area contributed by atoms with Gasteiger partial charge < -0.3 is 30.1 Å². The molecule has 3 amide bonds. The van der Waals surface area contributed by atoms with E-state index >= 15 is 0 Å². The number of rotatable bonds is 10. The smallest absolute Gasteiger partial charge is 0.335 e. The zero-order chi connectivity index (χ0) is 29.6. The molecule has 2 atom stereocenters. The number of likely N-dealkylation sites (tertiary alicyclic amines) is 1. The summed E-state index contributed by atoms with van der Waals surface area (Å²) in [4.78, 5) is 39.8. The first kappa shape index (κ1) is 29.6. The van der Waals surface area contributed by atoms with E-state index in [9.17, 15) is 14.4 Å². The van der Waals surface area contributed by atoms with Gasteiger partial charge in [0.25, 0.3) is 0 Å². The maximum atomic E-state index is 13.8. The third kappa shape index (κ3) is 7.22. The van der Waals surface area contributed by atoms with Crippen molar-refractivity contribution in [2.24, 2.45) is 0 Å². The van der Waals surface area contributed by atoms with Crippen LogP contribution in [0.3, 0.4) is 0 Å². The van der Waals surface area contributed by atoms with Gasteiger partial charge in [-0.15, -0.1) is 0 Å². The van der Waals surface area contributed by atoms with Gasteiger partial charge in [0.05, 0.1) is 37.4 Å². The van der Waals surface area contributed by atoms with Crippen LogP contribution in [0.25, 0.3) is 0 Å². The Bertz CT molecular complexity index is 1410. The van der Waals surface area contributed by atoms with Crippen molar-refractivity contribution in [1.82, 2.24) is 4.90 Å². The Morgan fingerprint density at radius 3 is 2.34 bits per heavy atom. The first-order valence-corrected chi connectivity index (χ1v) is 13.4. The number of quaternary nitrogens is 1. The lowest BCUT2D eigenvalue weighted by atomic mass is 10.1. The lowest BCUT2D eigenvalue weighted by Gasteiger charge is -2.32. The maximum absolute atomic E-state index is 13.8. The summed E-state index contributed by atoms with van der Waals surface area (Å²) in [6, 6.07) is 18.8. The molecule has 3 N–H and O–H groups in total. The third-order valence-electron chi connectivity index (χ3n) is 7.55. The number of carboxylic acid groups (broad SMARTS) is 1. The first-order chi connectivity index (χ1) is 19.6. The highest BCUT2D eigenvalue weighted by Gasteiger charge is 2.45. The fraction of sp³-hybridized carbons (Fsp3) is 0.323. The van der Waals surface area contributed by atoms with E-state index in [2.05, 4.69) is 15.5 Å². The van der Waals surface area contributed by atoms with Crippen molar-refractivity contribution < 1.29 is 33.4 Å². The summed E-state index contributed by atoms with van der Waals surface area (Å²) < 4.78 is 11.7. The molecule has 10 nitrogen and oxygen atoms in total. The molecule has 41 heavy (non-hydrogen) atoms. The average Bonchev–Trinajstić information content (AvgIpc) is 3.40. The number of likely N-dealkylation sites (N-methyl/N-ethyl adjacent to an activating group) is 1. The molecule has 1 aliphatic heterocycles. The number of hydrogen-bond donors (Lipinski definition) is 3. The molecule has 0 saturated carbocycles. The summed E-state index contributed by atoms with van der Waals surface area (Å²) in [6.45, 7) is 3.30. The Hall–Kier alpha value is -4.41. The molecule has 3 aromatic rings. The molecule has 0 aliphatic carbocycles. The maximum Gasteiger partial charge on any atom is 0.335 e. The van der Waals surface area contributed by atoms with E-state index in [1.54, 1.807) is 24.3 Å².